The number of nitro benzene ring substituents is 1. The van der Waals surface area contributed by atoms with Crippen LogP contribution in [0.25, 0.3) is 0 Å². The second kappa shape index (κ2) is 5.70. The maximum absolute atomic E-state index is 10.7. The summed E-state index contributed by atoms with van der Waals surface area (Å²) in [6.45, 7) is 2.39. The molecule has 1 aromatic carbocycles. The van der Waals surface area contributed by atoms with Gasteiger partial charge in [0.05, 0.1) is 24.7 Å². The molecule has 0 saturated heterocycles. The van der Waals surface area contributed by atoms with Gasteiger partial charge >= 0.3 is 0 Å². The van der Waals surface area contributed by atoms with Crippen molar-refractivity contribution < 1.29 is 14.4 Å². The summed E-state index contributed by atoms with van der Waals surface area (Å²) in [7, 11) is 1.39. The topological polar surface area (TPSA) is 85.4 Å². The zero-order valence-corrected chi connectivity index (χ0v) is 9.60. The Labute approximate surface area is 98.5 Å². The molecule has 0 bridgehead atoms. The molecular formula is C11H12N2O4. The molecule has 0 amide bonds. The molecular weight excluding hydrogens is 224 g/mol. The Morgan fingerprint density at radius 2 is 2.18 bits per heavy atom. The molecule has 0 N–H and O–H groups in total. The highest BCUT2D eigenvalue weighted by Gasteiger charge is 2.19. The summed E-state index contributed by atoms with van der Waals surface area (Å²) < 4.78 is 10.3. The quantitative estimate of drug-likeness (QED) is 0.578. The summed E-state index contributed by atoms with van der Waals surface area (Å²) in [4.78, 5) is 10.1. The summed E-state index contributed by atoms with van der Waals surface area (Å²) in [5.74, 6) is 0.598. The number of hydrogen-bond donors (Lipinski definition) is 0. The highest BCUT2D eigenvalue weighted by Crippen LogP contribution is 2.34. The van der Waals surface area contributed by atoms with Crippen molar-refractivity contribution in [3.8, 4) is 17.6 Å². The van der Waals surface area contributed by atoms with Crippen LogP contribution in [0.1, 0.15) is 18.9 Å². The van der Waals surface area contributed by atoms with Gasteiger partial charge in [-0.15, -0.1) is 0 Å². The van der Waals surface area contributed by atoms with E-state index < -0.39 is 4.92 Å². The van der Waals surface area contributed by atoms with Gasteiger partial charge < -0.3 is 9.47 Å². The Hall–Kier alpha value is -2.29. The Balaban J connectivity index is 3.24. The predicted octanol–water partition coefficient (Wildman–Crippen LogP) is 2.26. The van der Waals surface area contributed by atoms with Gasteiger partial charge in [0, 0.05) is 6.07 Å². The van der Waals surface area contributed by atoms with Gasteiger partial charge in [0.15, 0.2) is 11.5 Å². The van der Waals surface area contributed by atoms with Gasteiger partial charge in [-0.05, 0) is 6.42 Å². The summed E-state index contributed by atoms with van der Waals surface area (Å²) in [5.41, 5.74) is -0.324. The van der Waals surface area contributed by atoms with E-state index in [4.69, 9.17) is 14.7 Å². The van der Waals surface area contributed by atoms with Crippen LogP contribution in [-0.4, -0.2) is 18.6 Å². The molecule has 0 fully saturated rings. The third-order valence-corrected chi connectivity index (χ3v) is 2.06. The van der Waals surface area contributed by atoms with Gasteiger partial charge in [-0.25, -0.2) is 0 Å². The first kappa shape index (κ1) is 12.8. The van der Waals surface area contributed by atoms with Gasteiger partial charge in [-0.2, -0.15) is 5.26 Å². The Morgan fingerprint density at radius 3 is 2.65 bits per heavy atom. The van der Waals surface area contributed by atoms with Crippen molar-refractivity contribution in [2.45, 2.75) is 13.3 Å². The second-order valence-corrected chi connectivity index (χ2v) is 3.24. The average molecular weight is 236 g/mol. The monoisotopic (exact) mass is 236 g/mol. The van der Waals surface area contributed by atoms with E-state index in [1.165, 1.54) is 19.2 Å². The first-order valence-corrected chi connectivity index (χ1v) is 5.03. The first-order valence-electron chi connectivity index (χ1n) is 5.03. The van der Waals surface area contributed by atoms with E-state index in [-0.39, 0.29) is 17.0 Å². The molecule has 0 aliphatic carbocycles. The number of ether oxygens (including phenoxy) is 2. The number of benzene rings is 1. The maximum Gasteiger partial charge on any atom is 0.291 e. The van der Waals surface area contributed by atoms with Gasteiger partial charge in [-0.3, -0.25) is 10.1 Å². The van der Waals surface area contributed by atoms with Crippen molar-refractivity contribution >= 4 is 5.69 Å². The van der Waals surface area contributed by atoms with Crippen LogP contribution in [-0.2, 0) is 0 Å². The minimum atomic E-state index is -0.620. The Morgan fingerprint density at radius 1 is 1.47 bits per heavy atom. The van der Waals surface area contributed by atoms with Crippen LogP contribution < -0.4 is 9.47 Å². The van der Waals surface area contributed by atoms with Crippen LogP contribution in [0.4, 0.5) is 5.69 Å². The highest BCUT2D eigenvalue weighted by molar-refractivity contribution is 5.58. The van der Waals surface area contributed by atoms with E-state index in [0.29, 0.717) is 12.4 Å². The SMILES string of the molecule is CCCOc1cc(C#N)c([N+](=O)[O-])cc1OC. The minimum Gasteiger partial charge on any atom is -0.493 e. The highest BCUT2D eigenvalue weighted by atomic mass is 16.6. The van der Waals surface area contributed by atoms with Crippen LogP contribution in [0.2, 0.25) is 0 Å². The number of nitrogens with zero attached hydrogens (tertiary/aromatic N) is 2. The Kier molecular flexibility index (Phi) is 4.29. The van der Waals surface area contributed by atoms with Crippen LogP contribution in [0.15, 0.2) is 12.1 Å². The van der Waals surface area contributed by atoms with Crippen molar-refractivity contribution in [2.75, 3.05) is 13.7 Å². The van der Waals surface area contributed by atoms with Gasteiger partial charge in [0.1, 0.15) is 11.6 Å². The molecule has 0 unspecified atom stereocenters. The molecule has 0 heterocycles. The summed E-state index contributed by atoms with van der Waals surface area (Å²) >= 11 is 0. The van der Waals surface area contributed by atoms with E-state index in [1.54, 1.807) is 6.07 Å². The van der Waals surface area contributed by atoms with Crippen LogP contribution in [0.5, 0.6) is 11.5 Å². The van der Waals surface area contributed by atoms with E-state index >= 15 is 0 Å². The van der Waals surface area contributed by atoms with Gasteiger partial charge in [0.2, 0.25) is 0 Å². The number of hydrogen-bond acceptors (Lipinski definition) is 5. The molecule has 6 nitrogen and oxygen atoms in total. The smallest absolute Gasteiger partial charge is 0.291 e. The van der Waals surface area contributed by atoms with Crippen LogP contribution >= 0.6 is 0 Å². The molecule has 6 heteroatoms. The summed E-state index contributed by atoms with van der Waals surface area (Å²) in [6, 6.07) is 4.29. The molecule has 1 aromatic rings. The van der Waals surface area contributed by atoms with Crippen molar-refractivity contribution in [3.05, 3.63) is 27.8 Å². The zero-order valence-electron chi connectivity index (χ0n) is 9.60. The third kappa shape index (κ3) is 2.84. The molecule has 90 valence electrons. The lowest BCUT2D eigenvalue weighted by atomic mass is 10.1. The Bertz CT molecular complexity index is 465. The molecule has 0 aliphatic heterocycles. The molecule has 1 rings (SSSR count). The fourth-order valence-corrected chi connectivity index (χ4v) is 1.27. The van der Waals surface area contributed by atoms with Crippen molar-refractivity contribution in [1.29, 1.82) is 5.26 Å². The molecule has 17 heavy (non-hydrogen) atoms. The fraction of sp³-hybridized carbons (Fsp3) is 0.364. The number of nitriles is 1. The lowest BCUT2D eigenvalue weighted by molar-refractivity contribution is -0.385. The lowest BCUT2D eigenvalue weighted by Crippen LogP contribution is -2.00. The average Bonchev–Trinajstić information content (AvgIpc) is 2.34. The molecule has 0 saturated carbocycles. The van der Waals surface area contributed by atoms with E-state index in [2.05, 4.69) is 0 Å². The van der Waals surface area contributed by atoms with Crippen molar-refractivity contribution in [1.82, 2.24) is 0 Å². The number of methoxy groups -OCH3 is 1. The molecule has 0 aromatic heterocycles. The van der Waals surface area contributed by atoms with Crippen molar-refractivity contribution in [2.24, 2.45) is 0 Å². The van der Waals surface area contributed by atoms with Gasteiger partial charge in [0.25, 0.3) is 5.69 Å². The largest absolute Gasteiger partial charge is 0.493 e. The molecule has 0 radical (unpaired) electrons. The standard InChI is InChI=1S/C11H12N2O4/c1-3-4-17-11-5-8(7-12)9(13(14)15)6-10(11)16-2/h5-6H,3-4H2,1-2H3. The van der Waals surface area contributed by atoms with Crippen LogP contribution in [0.3, 0.4) is 0 Å². The maximum atomic E-state index is 10.7. The summed E-state index contributed by atoms with van der Waals surface area (Å²) in [5, 5.41) is 19.6. The molecule has 0 aliphatic rings. The van der Waals surface area contributed by atoms with E-state index in [0.717, 1.165) is 6.42 Å². The second-order valence-electron chi connectivity index (χ2n) is 3.24. The molecule has 0 atom stereocenters. The molecule has 0 spiro atoms. The van der Waals surface area contributed by atoms with E-state index in [1.807, 2.05) is 6.92 Å². The number of rotatable bonds is 5. The number of nitro groups is 1. The normalized spacial score (nSPS) is 9.47. The summed E-state index contributed by atoms with van der Waals surface area (Å²) in [6.07, 6.45) is 0.794. The lowest BCUT2D eigenvalue weighted by Gasteiger charge is -2.10. The van der Waals surface area contributed by atoms with Crippen molar-refractivity contribution in [3.63, 3.8) is 0 Å². The first-order chi connectivity index (χ1) is 8.13. The fourth-order valence-electron chi connectivity index (χ4n) is 1.27. The zero-order chi connectivity index (χ0) is 12.8. The predicted molar refractivity (Wildman–Crippen MR) is 60.1 cm³/mol. The van der Waals surface area contributed by atoms with E-state index in [9.17, 15) is 10.1 Å². The third-order valence-electron chi connectivity index (χ3n) is 2.06. The van der Waals surface area contributed by atoms with Gasteiger partial charge in [-0.1, -0.05) is 6.92 Å². The minimum absolute atomic E-state index is 0.0399. The van der Waals surface area contributed by atoms with Crippen LogP contribution in [0, 0.1) is 21.4 Å².